The Balaban J connectivity index is 1.96. The van der Waals surface area contributed by atoms with Crippen LogP contribution < -0.4 is 10.4 Å². The number of hydrogen-bond donors (Lipinski definition) is 1. The SMILES string of the molecule is CC(C)[C@H](NC(=O)CCN1C(=O)/C(=C\c2ccccc2)SC1=S)C(=O)[O-]. The molecule has 1 heterocycles. The van der Waals surface area contributed by atoms with Gasteiger partial charge in [-0.05, 0) is 17.6 Å². The quantitative estimate of drug-likeness (QED) is 0.554. The molecule has 0 unspecified atom stereocenters. The Bertz CT molecular complexity index is 747. The molecule has 1 aliphatic rings. The number of amides is 2. The number of carboxylic acid groups (broad SMARTS) is 1. The van der Waals surface area contributed by atoms with Crippen molar-refractivity contribution in [2.75, 3.05) is 6.54 Å². The van der Waals surface area contributed by atoms with E-state index in [-0.39, 0.29) is 24.8 Å². The first-order chi connectivity index (χ1) is 12.3. The molecule has 1 aromatic carbocycles. The van der Waals surface area contributed by atoms with Crippen LogP contribution in [0.25, 0.3) is 6.08 Å². The van der Waals surface area contributed by atoms with Gasteiger partial charge in [-0.2, -0.15) is 0 Å². The summed E-state index contributed by atoms with van der Waals surface area (Å²) in [6, 6.07) is 8.33. The highest BCUT2D eigenvalue weighted by Gasteiger charge is 2.32. The summed E-state index contributed by atoms with van der Waals surface area (Å²) >= 11 is 6.41. The van der Waals surface area contributed by atoms with Crippen LogP contribution >= 0.6 is 24.0 Å². The minimum Gasteiger partial charge on any atom is -0.548 e. The largest absolute Gasteiger partial charge is 0.548 e. The van der Waals surface area contributed by atoms with Gasteiger partial charge in [-0.1, -0.05) is 68.2 Å². The minimum absolute atomic E-state index is 0.0401. The van der Waals surface area contributed by atoms with Gasteiger partial charge >= 0.3 is 0 Å². The summed E-state index contributed by atoms with van der Waals surface area (Å²) in [7, 11) is 0. The molecule has 0 spiro atoms. The standard InChI is InChI=1S/C18H20N2O4S2/c1-11(2)15(17(23)24)19-14(21)8-9-20-16(22)13(26-18(20)25)10-12-6-4-3-5-7-12/h3-7,10-11,15H,8-9H2,1-2H3,(H,19,21)(H,23,24)/p-1/b13-10+/t15-/m0/s1. The maximum absolute atomic E-state index is 12.5. The third kappa shape index (κ3) is 5.15. The molecule has 8 heteroatoms. The van der Waals surface area contributed by atoms with E-state index >= 15 is 0 Å². The number of aliphatic carboxylic acids is 1. The lowest BCUT2D eigenvalue weighted by Crippen LogP contribution is -2.51. The number of thioether (sulfide) groups is 1. The van der Waals surface area contributed by atoms with E-state index in [4.69, 9.17) is 12.2 Å². The molecule has 0 bridgehead atoms. The van der Waals surface area contributed by atoms with Gasteiger partial charge in [0.1, 0.15) is 4.32 Å². The molecule has 1 fully saturated rings. The summed E-state index contributed by atoms with van der Waals surface area (Å²) in [5.74, 6) is -2.34. The summed E-state index contributed by atoms with van der Waals surface area (Å²) in [6.07, 6.45) is 1.71. The number of carboxylic acids is 1. The zero-order valence-corrected chi connectivity index (χ0v) is 16.1. The van der Waals surface area contributed by atoms with Crippen molar-refractivity contribution in [2.24, 2.45) is 5.92 Å². The van der Waals surface area contributed by atoms with Gasteiger partial charge in [-0.15, -0.1) is 0 Å². The van der Waals surface area contributed by atoms with Crippen molar-refractivity contribution in [1.29, 1.82) is 0 Å². The van der Waals surface area contributed by atoms with Crippen LogP contribution in [0.5, 0.6) is 0 Å². The second-order valence-electron chi connectivity index (χ2n) is 6.10. The Labute approximate surface area is 161 Å². The molecule has 26 heavy (non-hydrogen) atoms. The van der Waals surface area contributed by atoms with Crippen molar-refractivity contribution in [3.8, 4) is 0 Å². The van der Waals surface area contributed by atoms with Crippen molar-refractivity contribution in [1.82, 2.24) is 10.2 Å². The average molecular weight is 391 g/mol. The lowest BCUT2D eigenvalue weighted by Gasteiger charge is -2.23. The van der Waals surface area contributed by atoms with Gasteiger partial charge in [-0.3, -0.25) is 14.5 Å². The van der Waals surface area contributed by atoms with Gasteiger partial charge in [0, 0.05) is 13.0 Å². The predicted octanol–water partition coefficient (Wildman–Crippen LogP) is 1.17. The third-order valence-electron chi connectivity index (χ3n) is 3.77. The second-order valence-corrected chi connectivity index (χ2v) is 7.78. The highest BCUT2D eigenvalue weighted by atomic mass is 32.2. The monoisotopic (exact) mass is 391 g/mol. The lowest BCUT2D eigenvalue weighted by molar-refractivity contribution is -0.309. The minimum atomic E-state index is -1.33. The molecule has 1 N–H and O–H groups in total. The molecular weight excluding hydrogens is 372 g/mol. The highest BCUT2D eigenvalue weighted by Crippen LogP contribution is 2.32. The number of carbonyl (C=O) groups excluding carboxylic acids is 3. The Morgan fingerprint density at radius 3 is 2.54 bits per heavy atom. The smallest absolute Gasteiger partial charge is 0.266 e. The van der Waals surface area contributed by atoms with E-state index < -0.39 is 17.9 Å². The fraction of sp³-hybridized carbons (Fsp3) is 0.333. The highest BCUT2D eigenvalue weighted by molar-refractivity contribution is 8.26. The number of carbonyl (C=O) groups is 3. The van der Waals surface area contributed by atoms with E-state index in [2.05, 4.69) is 5.32 Å². The summed E-state index contributed by atoms with van der Waals surface area (Å²) in [6.45, 7) is 3.45. The molecule has 6 nitrogen and oxygen atoms in total. The van der Waals surface area contributed by atoms with Gasteiger partial charge in [0.25, 0.3) is 5.91 Å². The third-order valence-corrected chi connectivity index (χ3v) is 5.15. The zero-order chi connectivity index (χ0) is 19.3. The number of nitrogens with one attached hydrogen (secondary N) is 1. The van der Waals surface area contributed by atoms with Crippen LogP contribution in [-0.4, -0.2) is 39.6 Å². The van der Waals surface area contributed by atoms with E-state index in [1.165, 1.54) is 16.7 Å². The first-order valence-corrected chi connectivity index (χ1v) is 9.32. The average Bonchev–Trinajstić information content (AvgIpc) is 2.84. The van der Waals surface area contributed by atoms with Gasteiger partial charge in [0.05, 0.1) is 16.9 Å². The maximum atomic E-state index is 12.5. The maximum Gasteiger partial charge on any atom is 0.266 e. The normalized spacial score (nSPS) is 17.0. The van der Waals surface area contributed by atoms with Crippen LogP contribution in [0.3, 0.4) is 0 Å². The summed E-state index contributed by atoms with van der Waals surface area (Å²) < 4.78 is 0.380. The molecule has 1 atom stereocenters. The topological polar surface area (TPSA) is 89.5 Å². The molecule has 2 amide bonds. The fourth-order valence-electron chi connectivity index (χ4n) is 2.35. The summed E-state index contributed by atoms with van der Waals surface area (Å²) in [5.41, 5.74) is 0.888. The van der Waals surface area contributed by atoms with Crippen LogP contribution in [0.1, 0.15) is 25.8 Å². The van der Waals surface area contributed by atoms with E-state index in [1.54, 1.807) is 19.9 Å². The Hall–Kier alpha value is -2.19. The molecule has 0 radical (unpaired) electrons. The van der Waals surface area contributed by atoms with Crippen LogP contribution in [0.4, 0.5) is 0 Å². The van der Waals surface area contributed by atoms with Gasteiger partial charge < -0.3 is 15.2 Å². The molecule has 0 aliphatic carbocycles. The number of thiocarbonyl (C=S) groups is 1. The first kappa shape index (κ1) is 20.1. The lowest BCUT2D eigenvalue weighted by atomic mass is 10.0. The fourth-order valence-corrected chi connectivity index (χ4v) is 3.66. The molecule has 0 saturated carbocycles. The Kier molecular flexibility index (Phi) is 6.93. The number of benzene rings is 1. The van der Waals surface area contributed by atoms with Crippen LogP contribution in [-0.2, 0) is 14.4 Å². The van der Waals surface area contributed by atoms with Crippen molar-refractivity contribution < 1.29 is 19.5 Å². The zero-order valence-electron chi connectivity index (χ0n) is 14.4. The van der Waals surface area contributed by atoms with Crippen LogP contribution in [0.2, 0.25) is 0 Å². The summed E-state index contributed by atoms with van der Waals surface area (Å²) in [5, 5.41) is 13.5. The molecule has 0 aromatic heterocycles. The van der Waals surface area contributed by atoms with Gasteiger partial charge in [0.2, 0.25) is 5.91 Å². The van der Waals surface area contributed by atoms with E-state index in [1.807, 2.05) is 30.3 Å². The predicted molar refractivity (Wildman–Crippen MR) is 103 cm³/mol. The van der Waals surface area contributed by atoms with Crippen molar-refractivity contribution >= 4 is 52.2 Å². The first-order valence-electron chi connectivity index (χ1n) is 8.10. The summed E-state index contributed by atoms with van der Waals surface area (Å²) in [4.78, 5) is 37.4. The van der Waals surface area contributed by atoms with Crippen LogP contribution in [0.15, 0.2) is 35.2 Å². The molecule has 138 valence electrons. The van der Waals surface area contributed by atoms with Gasteiger partial charge in [0.15, 0.2) is 0 Å². The van der Waals surface area contributed by atoms with E-state index in [9.17, 15) is 19.5 Å². The van der Waals surface area contributed by atoms with Gasteiger partial charge in [-0.25, -0.2) is 0 Å². The molecule has 2 rings (SSSR count). The Morgan fingerprint density at radius 1 is 1.31 bits per heavy atom. The molecule has 1 saturated heterocycles. The van der Waals surface area contributed by atoms with Crippen molar-refractivity contribution in [3.63, 3.8) is 0 Å². The van der Waals surface area contributed by atoms with Crippen molar-refractivity contribution in [2.45, 2.75) is 26.3 Å². The van der Waals surface area contributed by atoms with E-state index in [0.29, 0.717) is 9.23 Å². The number of nitrogens with zero attached hydrogens (tertiary/aromatic N) is 1. The molecule has 1 aromatic rings. The molecule has 1 aliphatic heterocycles. The van der Waals surface area contributed by atoms with Crippen LogP contribution in [0, 0.1) is 5.92 Å². The Morgan fingerprint density at radius 2 is 1.96 bits per heavy atom. The number of rotatable bonds is 7. The molecular formula is C18H19N2O4S2-. The van der Waals surface area contributed by atoms with E-state index in [0.717, 1.165) is 5.56 Å². The number of hydrogen-bond acceptors (Lipinski definition) is 6. The second kappa shape index (κ2) is 8.95. The van der Waals surface area contributed by atoms with Crippen molar-refractivity contribution in [3.05, 3.63) is 40.8 Å².